The van der Waals surface area contributed by atoms with Crippen molar-refractivity contribution in [3.8, 4) is 0 Å². The van der Waals surface area contributed by atoms with Crippen LogP contribution in [-0.4, -0.2) is 42.0 Å². The van der Waals surface area contributed by atoms with Crippen LogP contribution >= 0.6 is 0 Å². The topological polar surface area (TPSA) is 62.4 Å². The number of hydrogen-bond acceptors (Lipinski definition) is 3. The molecule has 0 aliphatic heterocycles. The molecule has 0 atom stereocenters. The lowest BCUT2D eigenvalue weighted by molar-refractivity contribution is -0.143. The van der Waals surface area contributed by atoms with Crippen molar-refractivity contribution in [1.29, 1.82) is 0 Å². The van der Waals surface area contributed by atoms with Crippen LogP contribution in [0.2, 0.25) is 0 Å². The number of fused-ring (bicyclic) bond motifs is 1. The minimum Gasteiger partial charge on any atom is -0.466 e. The van der Waals surface area contributed by atoms with E-state index in [2.05, 4.69) is 4.98 Å². The first-order chi connectivity index (χ1) is 9.63. The van der Waals surface area contributed by atoms with Crippen molar-refractivity contribution in [2.45, 2.75) is 13.3 Å². The van der Waals surface area contributed by atoms with E-state index in [1.165, 1.54) is 0 Å². The van der Waals surface area contributed by atoms with Crippen LogP contribution in [0.15, 0.2) is 30.5 Å². The Labute approximate surface area is 117 Å². The molecule has 0 spiro atoms. The highest BCUT2D eigenvalue weighted by Gasteiger charge is 2.16. The van der Waals surface area contributed by atoms with Crippen LogP contribution in [0.5, 0.6) is 0 Å². The van der Waals surface area contributed by atoms with Gasteiger partial charge in [-0.05, 0) is 25.1 Å². The molecule has 0 bridgehead atoms. The van der Waals surface area contributed by atoms with Gasteiger partial charge in [0, 0.05) is 36.3 Å². The lowest BCUT2D eigenvalue weighted by Crippen LogP contribution is -2.29. The Hall–Kier alpha value is -2.30. The van der Waals surface area contributed by atoms with Crippen molar-refractivity contribution in [2.24, 2.45) is 0 Å². The van der Waals surface area contributed by atoms with Crippen LogP contribution < -0.4 is 0 Å². The fourth-order valence-electron chi connectivity index (χ4n) is 2.07. The maximum atomic E-state index is 12.4. The van der Waals surface area contributed by atoms with Crippen LogP contribution in [0.3, 0.4) is 0 Å². The van der Waals surface area contributed by atoms with Gasteiger partial charge in [-0.3, -0.25) is 9.59 Å². The normalized spacial score (nSPS) is 10.5. The molecule has 5 nitrogen and oxygen atoms in total. The Kier molecular flexibility index (Phi) is 4.40. The lowest BCUT2D eigenvalue weighted by Gasteiger charge is -2.17. The summed E-state index contributed by atoms with van der Waals surface area (Å²) >= 11 is 0. The van der Waals surface area contributed by atoms with Crippen molar-refractivity contribution >= 4 is 22.8 Å². The van der Waals surface area contributed by atoms with Crippen molar-refractivity contribution < 1.29 is 14.3 Å². The van der Waals surface area contributed by atoms with E-state index in [1.54, 1.807) is 31.1 Å². The number of H-pyrrole nitrogens is 1. The summed E-state index contributed by atoms with van der Waals surface area (Å²) in [5.41, 5.74) is 1.56. The van der Waals surface area contributed by atoms with Gasteiger partial charge >= 0.3 is 5.97 Å². The summed E-state index contributed by atoms with van der Waals surface area (Å²) in [4.78, 5) is 28.3. The van der Waals surface area contributed by atoms with Crippen molar-refractivity contribution in [3.05, 3.63) is 36.0 Å². The maximum absolute atomic E-state index is 12.4. The molecular weight excluding hydrogens is 256 g/mol. The third kappa shape index (κ3) is 2.99. The Morgan fingerprint density at radius 3 is 2.85 bits per heavy atom. The molecule has 1 amide bonds. The van der Waals surface area contributed by atoms with E-state index in [1.807, 2.05) is 18.2 Å². The largest absolute Gasteiger partial charge is 0.466 e. The molecule has 106 valence electrons. The van der Waals surface area contributed by atoms with Crippen LogP contribution in [0.25, 0.3) is 10.9 Å². The zero-order valence-corrected chi connectivity index (χ0v) is 11.7. The van der Waals surface area contributed by atoms with Gasteiger partial charge in [0.25, 0.3) is 5.91 Å². The van der Waals surface area contributed by atoms with Crippen LogP contribution in [0.4, 0.5) is 0 Å². The van der Waals surface area contributed by atoms with Gasteiger partial charge in [-0.25, -0.2) is 0 Å². The standard InChI is InChI=1S/C15H18N2O3/c1-3-20-14(18)8-10-17(2)15(19)12-5-4-6-13-11(12)7-9-16-13/h4-7,9,16H,3,8,10H2,1-2H3. The van der Waals surface area contributed by atoms with Gasteiger partial charge in [-0.15, -0.1) is 0 Å². The minimum atomic E-state index is -0.285. The first kappa shape index (κ1) is 14.1. The molecule has 20 heavy (non-hydrogen) atoms. The number of aromatic amines is 1. The number of carbonyl (C=O) groups is 2. The van der Waals surface area contributed by atoms with E-state index in [-0.39, 0.29) is 18.3 Å². The molecule has 1 aromatic heterocycles. The molecule has 1 aromatic carbocycles. The Bertz CT molecular complexity index is 618. The van der Waals surface area contributed by atoms with Gasteiger partial charge in [0.2, 0.25) is 0 Å². The first-order valence-corrected chi connectivity index (χ1v) is 6.60. The first-order valence-electron chi connectivity index (χ1n) is 6.60. The molecule has 0 fully saturated rings. The van der Waals surface area contributed by atoms with Gasteiger partial charge < -0.3 is 14.6 Å². The second kappa shape index (κ2) is 6.23. The van der Waals surface area contributed by atoms with Crippen LogP contribution in [0, 0.1) is 0 Å². The molecule has 0 unspecified atom stereocenters. The zero-order chi connectivity index (χ0) is 14.5. The van der Waals surface area contributed by atoms with E-state index in [9.17, 15) is 9.59 Å². The van der Waals surface area contributed by atoms with Crippen molar-refractivity contribution in [3.63, 3.8) is 0 Å². The number of benzene rings is 1. The Morgan fingerprint density at radius 1 is 1.30 bits per heavy atom. The number of hydrogen-bond donors (Lipinski definition) is 1. The summed E-state index contributed by atoms with van der Waals surface area (Å²) in [5.74, 6) is -0.383. The monoisotopic (exact) mass is 274 g/mol. The number of nitrogens with one attached hydrogen (secondary N) is 1. The average molecular weight is 274 g/mol. The highest BCUT2D eigenvalue weighted by Crippen LogP contribution is 2.18. The molecule has 0 aliphatic carbocycles. The van der Waals surface area contributed by atoms with Gasteiger partial charge in [0.1, 0.15) is 0 Å². The summed E-state index contributed by atoms with van der Waals surface area (Å²) in [6.45, 7) is 2.47. The number of ether oxygens (including phenoxy) is 1. The average Bonchev–Trinajstić information content (AvgIpc) is 2.92. The Morgan fingerprint density at radius 2 is 2.10 bits per heavy atom. The maximum Gasteiger partial charge on any atom is 0.307 e. The predicted octanol–water partition coefficient (Wildman–Crippen LogP) is 2.19. The fourth-order valence-corrected chi connectivity index (χ4v) is 2.07. The number of amides is 1. The molecule has 0 aliphatic rings. The molecule has 1 N–H and O–H groups in total. The van der Waals surface area contributed by atoms with Gasteiger partial charge in [-0.2, -0.15) is 0 Å². The molecule has 0 radical (unpaired) electrons. The summed E-state index contributed by atoms with van der Waals surface area (Å²) in [6, 6.07) is 7.43. The van der Waals surface area contributed by atoms with E-state index in [0.29, 0.717) is 18.7 Å². The smallest absolute Gasteiger partial charge is 0.307 e. The molecule has 2 rings (SSSR count). The number of nitrogens with zero attached hydrogens (tertiary/aromatic N) is 1. The molecule has 1 heterocycles. The number of aromatic nitrogens is 1. The SMILES string of the molecule is CCOC(=O)CCN(C)C(=O)c1cccc2[nH]ccc12. The molecule has 0 saturated heterocycles. The Balaban J connectivity index is 2.07. The second-order valence-electron chi connectivity index (χ2n) is 4.53. The van der Waals surface area contributed by atoms with E-state index in [4.69, 9.17) is 4.74 Å². The summed E-state index contributed by atoms with van der Waals surface area (Å²) in [5, 5.41) is 0.889. The molecule has 5 heteroatoms. The van der Waals surface area contributed by atoms with E-state index >= 15 is 0 Å². The third-order valence-corrected chi connectivity index (χ3v) is 3.13. The quantitative estimate of drug-likeness (QED) is 0.850. The van der Waals surface area contributed by atoms with Gasteiger partial charge in [0.05, 0.1) is 13.0 Å². The van der Waals surface area contributed by atoms with Crippen LogP contribution in [-0.2, 0) is 9.53 Å². The minimum absolute atomic E-state index is 0.0977. The van der Waals surface area contributed by atoms with E-state index < -0.39 is 0 Å². The van der Waals surface area contributed by atoms with Crippen molar-refractivity contribution in [1.82, 2.24) is 9.88 Å². The van der Waals surface area contributed by atoms with Crippen molar-refractivity contribution in [2.75, 3.05) is 20.2 Å². The predicted molar refractivity (Wildman–Crippen MR) is 76.5 cm³/mol. The summed E-state index contributed by atoms with van der Waals surface area (Å²) in [7, 11) is 1.69. The molecular formula is C15H18N2O3. The van der Waals surface area contributed by atoms with E-state index in [0.717, 1.165) is 10.9 Å². The zero-order valence-electron chi connectivity index (χ0n) is 11.7. The number of rotatable bonds is 5. The highest BCUT2D eigenvalue weighted by atomic mass is 16.5. The number of carbonyl (C=O) groups excluding carboxylic acids is 2. The molecule has 0 saturated carbocycles. The van der Waals surface area contributed by atoms with Gasteiger partial charge in [-0.1, -0.05) is 6.07 Å². The fraction of sp³-hybridized carbons (Fsp3) is 0.333. The number of esters is 1. The molecule has 2 aromatic rings. The van der Waals surface area contributed by atoms with Gasteiger partial charge in [0.15, 0.2) is 0 Å². The summed E-state index contributed by atoms with van der Waals surface area (Å²) < 4.78 is 4.85. The second-order valence-corrected chi connectivity index (χ2v) is 4.53. The third-order valence-electron chi connectivity index (χ3n) is 3.13. The summed E-state index contributed by atoms with van der Waals surface area (Å²) in [6.07, 6.45) is 2.01. The highest BCUT2D eigenvalue weighted by molar-refractivity contribution is 6.06. The lowest BCUT2D eigenvalue weighted by atomic mass is 10.1. The van der Waals surface area contributed by atoms with Crippen LogP contribution in [0.1, 0.15) is 23.7 Å².